The van der Waals surface area contributed by atoms with E-state index in [-0.39, 0.29) is 6.61 Å². The zero-order valence-corrected chi connectivity index (χ0v) is 12.6. The minimum atomic E-state index is 0.127. The Hall–Kier alpha value is -2.70. The van der Waals surface area contributed by atoms with Gasteiger partial charge in [-0.3, -0.25) is 0 Å². The van der Waals surface area contributed by atoms with Crippen molar-refractivity contribution in [2.24, 2.45) is 0 Å². The maximum atomic E-state index is 8.79. The van der Waals surface area contributed by atoms with Crippen molar-refractivity contribution < 1.29 is 9.52 Å². The molecule has 2 aromatic carbocycles. The lowest BCUT2D eigenvalue weighted by atomic mass is 10.2. The van der Waals surface area contributed by atoms with Crippen LogP contribution in [-0.2, 0) is 6.54 Å². The lowest BCUT2D eigenvalue weighted by Crippen LogP contribution is -2.17. The maximum absolute atomic E-state index is 8.79. The SMILES string of the molecule is OCCNCc1cccc(Nc2nnc(-c3ccccc3)o2)c1. The molecule has 1 aromatic heterocycles. The van der Waals surface area contributed by atoms with Gasteiger partial charge >= 0.3 is 6.01 Å². The highest BCUT2D eigenvalue weighted by Gasteiger charge is 2.08. The summed E-state index contributed by atoms with van der Waals surface area (Å²) in [6, 6.07) is 17.9. The zero-order chi connectivity index (χ0) is 15.9. The Kier molecular flexibility index (Phi) is 4.98. The zero-order valence-electron chi connectivity index (χ0n) is 12.6. The van der Waals surface area contributed by atoms with Gasteiger partial charge in [-0.25, -0.2) is 0 Å². The Labute approximate surface area is 134 Å². The molecule has 23 heavy (non-hydrogen) atoms. The van der Waals surface area contributed by atoms with E-state index >= 15 is 0 Å². The molecule has 0 aliphatic rings. The highest BCUT2D eigenvalue weighted by molar-refractivity contribution is 5.56. The van der Waals surface area contributed by atoms with Crippen LogP contribution in [-0.4, -0.2) is 28.5 Å². The van der Waals surface area contributed by atoms with Crippen LogP contribution in [0.2, 0.25) is 0 Å². The predicted molar refractivity (Wildman–Crippen MR) is 88.3 cm³/mol. The summed E-state index contributed by atoms with van der Waals surface area (Å²) in [5.74, 6) is 0.480. The third-order valence-electron chi connectivity index (χ3n) is 3.24. The van der Waals surface area contributed by atoms with Gasteiger partial charge in [0.05, 0.1) is 6.61 Å². The second kappa shape index (κ2) is 7.53. The fourth-order valence-electron chi connectivity index (χ4n) is 2.17. The van der Waals surface area contributed by atoms with Crippen molar-refractivity contribution in [1.29, 1.82) is 0 Å². The van der Waals surface area contributed by atoms with Crippen LogP contribution < -0.4 is 10.6 Å². The standard InChI is InChI=1S/C17H18N4O2/c22-10-9-18-12-13-5-4-8-15(11-13)19-17-21-20-16(23-17)14-6-2-1-3-7-14/h1-8,11,18,22H,9-10,12H2,(H,19,21). The summed E-state index contributed by atoms with van der Waals surface area (Å²) in [7, 11) is 0. The van der Waals surface area contributed by atoms with E-state index in [2.05, 4.69) is 20.8 Å². The van der Waals surface area contributed by atoms with Crippen molar-refractivity contribution in [3.8, 4) is 11.5 Å². The van der Waals surface area contributed by atoms with Crippen LogP contribution in [0, 0.1) is 0 Å². The number of rotatable bonds is 7. The number of aliphatic hydroxyl groups excluding tert-OH is 1. The number of hydrogen-bond acceptors (Lipinski definition) is 6. The van der Waals surface area contributed by atoms with Gasteiger partial charge in [0.15, 0.2) is 0 Å². The molecule has 0 saturated heterocycles. The van der Waals surface area contributed by atoms with Crippen molar-refractivity contribution in [2.45, 2.75) is 6.54 Å². The number of aliphatic hydroxyl groups is 1. The van der Waals surface area contributed by atoms with Gasteiger partial charge in [-0.15, -0.1) is 5.10 Å². The quantitative estimate of drug-likeness (QED) is 0.582. The van der Waals surface area contributed by atoms with Gasteiger partial charge in [0, 0.05) is 24.3 Å². The molecule has 0 amide bonds. The molecule has 0 spiro atoms. The summed E-state index contributed by atoms with van der Waals surface area (Å²) in [5, 5.41) is 23.1. The summed E-state index contributed by atoms with van der Waals surface area (Å²) in [6.45, 7) is 1.39. The van der Waals surface area contributed by atoms with Gasteiger partial charge < -0.3 is 20.2 Å². The van der Waals surface area contributed by atoms with E-state index in [1.807, 2.05) is 54.6 Å². The fourth-order valence-corrected chi connectivity index (χ4v) is 2.17. The molecule has 3 rings (SSSR count). The van der Waals surface area contributed by atoms with Gasteiger partial charge in [0.1, 0.15) is 0 Å². The Bertz CT molecular complexity index is 743. The molecule has 0 saturated carbocycles. The number of nitrogens with one attached hydrogen (secondary N) is 2. The first-order valence-electron chi connectivity index (χ1n) is 7.41. The van der Waals surface area contributed by atoms with Gasteiger partial charge in [-0.1, -0.05) is 35.4 Å². The van der Waals surface area contributed by atoms with Crippen LogP contribution in [0.25, 0.3) is 11.5 Å². The van der Waals surface area contributed by atoms with E-state index in [1.165, 1.54) is 0 Å². The average Bonchev–Trinajstić information content (AvgIpc) is 3.05. The molecule has 0 bridgehead atoms. The summed E-state index contributed by atoms with van der Waals surface area (Å²) < 4.78 is 5.63. The van der Waals surface area contributed by atoms with Gasteiger partial charge in [-0.2, -0.15) is 0 Å². The monoisotopic (exact) mass is 310 g/mol. The van der Waals surface area contributed by atoms with E-state index in [0.717, 1.165) is 16.8 Å². The molecule has 0 aliphatic carbocycles. The number of hydrogen-bond donors (Lipinski definition) is 3. The summed E-state index contributed by atoms with van der Waals surface area (Å²) in [6.07, 6.45) is 0. The van der Waals surface area contributed by atoms with Gasteiger partial charge in [-0.05, 0) is 29.8 Å². The fraction of sp³-hybridized carbons (Fsp3) is 0.176. The van der Waals surface area contributed by atoms with Crippen LogP contribution in [0.15, 0.2) is 59.0 Å². The predicted octanol–water partition coefficient (Wildman–Crippen LogP) is 2.56. The lowest BCUT2D eigenvalue weighted by Gasteiger charge is -2.06. The first-order chi connectivity index (χ1) is 11.3. The molecule has 6 nitrogen and oxygen atoms in total. The average molecular weight is 310 g/mol. The molecular weight excluding hydrogens is 292 g/mol. The normalized spacial score (nSPS) is 10.7. The second-order valence-corrected chi connectivity index (χ2v) is 5.00. The molecule has 1 heterocycles. The molecule has 6 heteroatoms. The van der Waals surface area contributed by atoms with E-state index in [1.54, 1.807) is 0 Å². The van der Waals surface area contributed by atoms with Crippen molar-refractivity contribution in [1.82, 2.24) is 15.5 Å². The van der Waals surface area contributed by atoms with E-state index in [4.69, 9.17) is 9.52 Å². The van der Waals surface area contributed by atoms with Crippen LogP contribution in [0.1, 0.15) is 5.56 Å². The van der Waals surface area contributed by atoms with Crippen molar-refractivity contribution in [3.63, 3.8) is 0 Å². The molecule has 0 atom stereocenters. The maximum Gasteiger partial charge on any atom is 0.320 e. The minimum absolute atomic E-state index is 0.127. The molecule has 0 radical (unpaired) electrons. The highest BCUT2D eigenvalue weighted by Crippen LogP contribution is 2.22. The smallest absolute Gasteiger partial charge is 0.320 e. The summed E-state index contributed by atoms with van der Waals surface area (Å²) >= 11 is 0. The molecular formula is C17H18N4O2. The Morgan fingerprint density at radius 3 is 2.70 bits per heavy atom. The van der Waals surface area contributed by atoms with Crippen LogP contribution in [0.4, 0.5) is 11.7 Å². The minimum Gasteiger partial charge on any atom is -0.403 e. The Balaban J connectivity index is 1.68. The van der Waals surface area contributed by atoms with Crippen LogP contribution >= 0.6 is 0 Å². The Morgan fingerprint density at radius 1 is 1.00 bits per heavy atom. The van der Waals surface area contributed by atoms with Crippen LogP contribution in [0.5, 0.6) is 0 Å². The second-order valence-electron chi connectivity index (χ2n) is 5.00. The number of anilines is 2. The van der Waals surface area contributed by atoms with Crippen molar-refractivity contribution >= 4 is 11.7 Å². The van der Waals surface area contributed by atoms with Gasteiger partial charge in [0.25, 0.3) is 0 Å². The molecule has 0 aliphatic heterocycles. The Morgan fingerprint density at radius 2 is 1.87 bits per heavy atom. The third-order valence-corrected chi connectivity index (χ3v) is 3.24. The van der Waals surface area contributed by atoms with Gasteiger partial charge in [0.2, 0.25) is 5.89 Å². The molecule has 0 unspecified atom stereocenters. The lowest BCUT2D eigenvalue weighted by molar-refractivity contribution is 0.292. The van der Waals surface area contributed by atoms with E-state index in [0.29, 0.717) is 25.0 Å². The third kappa shape index (κ3) is 4.15. The summed E-state index contributed by atoms with van der Waals surface area (Å²) in [4.78, 5) is 0. The topological polar surface area (TPSA) is 83.2 Å². The van der Waals surface area contributed by atoms with Crippen molar-refractivity contribution in [3.05, 3.63) is 60.2 Å². The highest BCUT2D eigenvalue weighted by atomic mass is 16.4. The van der Waals surface area contributed by atoms with E-state index in [9.17, 15) is 0 Å². The summed E-state index contributed by atoms with van der Waals surface area (Å²) in [5.41, 5.74) is 2.86. The largest absolute Gasteiger partial charge is 0.403 e. The van der Waals surface area contributed by atoms with Crippen molar-refractivity contribution in [2.75, 3.05) is 18.5 Å². The first kappa shape index (κ1) is 15.2. The molecule has 3 N–H and O–H groups in total. The molecule has 0 fully saturated rings. The molecule has 3 aromatic rings. The molecule has 118 valence electrons. The van der Waals surface area contributed by atoms with E-state index < -0.39 is 0 Å². The first-order valence-corrected chi connectivity index (χ1v) is 7.41. The number of nitrogens with zero attached hydrogens (tertiary/aromatic N) is 2. The number of aromatic nitrogens is 2. The van der Waals surface area contributed by atoms with Crippen LogP contribution in [0.3, 0.4) is 0 Å². The number of benzene rings is 2.